The van der Waals surface area contributed by atoms with Gasteiger partial charge in [0.15, 0.2) is 5.65 Å². The van der Waals surface area contributed by atoms with Crippen LogP contribution in [0, 0.1) is 11.8 Å². The highest BCUT2D eigenvalue weighted by Gasteiger charge is 2.40. The van der Waals surface area contributed by atoms with Crippen molar-refractivity contribution in [3.05, 3.63) is 72.3 Å². The fraction of sp³-hybridized carbons (Fsp3) is 0.543. The van der Waals surface area contributed by atoms with Crippen LogP contribution in [0.15, 0.2) is 55.2 Å². The first-order valence-corrected chi connectivity index (χ1v) is 16.6. The summed E-state index contributed by atoms with van der Waals surface area (Å²) in [6.07, 6.45) is 16.4. The number of aliphatic hydroxyl groups is 2. The van der Waals surface area contributed by atoms with Crippen LogP contribution in [-0.4, -0.2) is 63.9 Å². The molecule has 238 valence electrons. The molecule has 0 radical (unpaired) electrons. The van der Waals surface area contributed by atoms with E-state index < -0.39 is 24.2 Å². The van der Waals surface area contributed by atoms with Gasteiger partial charge in [-0.1, -0.05) is 52.0 Å². The van der Waals surface area contributed by atoms with Crippen molar-refractivity contribution in [2.24, 2.45) is 11.8 Å². The van der Waals surface area contributed by atoms with Crippen molar-refractivity contribution in [3.63, 3.8) is 0 Å². The summed E-state index contributed by atoms with van der Waals surface area (Å²) in [5.74, 6) is 0.137. The second kappa shape index (κ2) is 14.1. The van der Waals surface area contributed by atoms with Crippen molar-refractivity contribution in [2.45, 2.75) is 108 Å². The Labute approximate surface area is 264 Å². The number of hydrogen-bond donors (Lipinski definition) is 3. The molecule has 0 bridgehead atoms. The average Bonchev–Trinajstić information content (AvgIpc) is 3.86. The second-order valence-electron chi connectivity index (χ2n) is 13.1. The lowest BCUT2D eigenvalue weighted by Gasteiger charge is -2.33. The highest BCUT2D eigenvalue weighted by Crippen LogP contribution is 2.36. The Morgan fingerprint density at radius 3 is 2.44 bits per heavy atom. The fourth-order valence-electron chi connectivity index (χ4n) is 6.71. The van der Waals surface area contributed by atoms with Crippen molar-refractivity contribution >= 4 is 11.6 Å². The predicted octanol–water partition coefficient (Wildman–Crippen LogP) is 5.01. The maximum absolute atomic E-state index is 14.5. The molecule has 10 heteroatoms. The Kier molecular flexibility index (Phi) is 9.80. The van der Waals surface area contributed by atoms with Crippen LogP contribution in [0.25, 0.3) is 16.9 Å². The van der Waals surface area contributed by atoms with Crippen LogP contribution in [0.3, 0.4) is 0 Å². The molecule has 1 amide bonds. The van der Waals surface area contributed by atoms with E-state index in [0.717, 1.165) is 67.5 Å². The molecule has 4 aromatic heterocycles. The Morgan fingerprint density at radius 1 is 1.02 bits per heavy atom. The van der Waals surface area contributed by atoms with Crippen LogP contribution in [0.2, 0.25) is 0 Å². The van der Waals surface area contributed by atoms with Crippen LogP contribution >= 0.6 is 0 Å². The normalized spacial score (nSPS) is 19.1. The van der Waals surface area contributed by atoms with Gasteiger partial charge in [-0.3, -0.25) is 19.2 Å². The van der Waals surface area contributed by atoms with Crippen LogP contribution in [-0.2, 0) is 11.2 Å². The molecule has 0 aliphatic heterocycles. The summed E-state index contributed by atoms with van der Waals surface area (Å²) in [6.45, 7) is 4.23. The molecule has 10 nitrogen and oxygen atoms in total. The Bertz CT molecular complexity index is 1550. The monoisotopic (exact) mass is 611 g/mol. The summed E-state index contributed by atoms with van der Waals surface area (Å²) in [4.78, 5) is 28.0. The van der Waals surface area contributed by atoms with Crippen LogP contribution in [0.4, 0.5) is 0 Å². The largest absolute Gasteiger partial charge is 0.390 e. The van der Waals surface area contributed by atoms with Gasteiger partial charge in [0, 0.05) is 42.5 Å². The highest BCUT2D eigenvalue weighted by atomic mass is 16.3. The minimum Gasteiger partial charge on any atom is -0.390 e. The van der Waals surface area contributed by atoms with E-state index in [0.29, 0.717) is 30.2 Å². The van der Waals surface area contributed by atoms with Gasteiger partial charge in [0.05, 0.1) is 23.5 Å². The van der Waals surface area contributed by atoms with Crippen LogP contribution in [0.1, 0.15) is 101 Å². The molecule has 2 unspecified atom stereocenters. The molecule has 0 aromatic carbocycles. The average molecular weight is 612 g/mol. The van der Waals surface area contributed by atoms with Crippen molar-refractivity contribution < 1.29 is 15.0 Å². The summed E-state index contributed by atoms with van der Waals surface area (Å²) in [5, 5.41) is 34.8. The van der Waals surface area contributed by atoms with E-state index in [2.05, 4.69) is 39.3 Å². The minimum atomic E-state index is -1.03. The van der Waals surface area contributed by atoms with Gasteiger partial charge in [-0.25, -0.2) is 4.98 Å². The number of nitrogens with zero attached hydrogens (tertiary/aromatic N) is 6. The first-order valence-electron chi connectivity index (χ1n) is 16.6. The summed E-state index contributed by atoms with van der Waals surface area (Å²) < 4.78 is 1.91. The first kappa shape index (κ1) is 31.2. The van der Waals surface area contributed by atoms with E-state index in [1.54, 1.807) is 24.8 Å². The first-order chi connectivity index (χ1) is 21.9. The van der Waals surface area contributed by atoms with Crippen LogP contribution in [0.5, 0.6) is 0 Å². The van der Waals surface area contributed by atoms with Gasteiger partial charge in [0.2, 0.25) is 5.91 Å². The third-order valence-electron chi connectivity index (χ3n) is 9.78. The van der Waals surface area contributed by atoms with Gasteiger partial charge < -0.3 is 15.5 Å². The maximum atomic E-state index is 14.5. The van der Waals surface area contributed by atoms with Crippen molar-refractivity contribution in [3.8, 4) is 11.3 Å². The molecular formula is C35H45N7O3. The molecule has 2 aliphatic rings. The number of aliphatic hydroxyl groups excluding tert-OH is 2. The Hall–Kier alpha value is -3.76. The zero-order chi connectivity index (χ0) is 31.3. The quantitative estimate of drug-likeness (QED) is 0.192. The number of carbonyl (C=O) groups excluding carboxylic acids is 1. The molecule has 6 rings (SSSR count). The number of aromatic nitrogens is 6. The number of hydrogen-bond acceptors (Lipinski definition) is 8. The van der Waals surface area contributed by atoms with Gasteiger partial charge in [0.1, 0.15) is 17.8 Å². The lowest BCUT2D eigenvalue weighted by molar-refractivity contribution is -0.125. The molecule has 2 aliphatic carbocycles. The number of pyridine rings is 2. The standard InChI is InChI=1S/C35H45N7O3/c1-3-22(2)30-34-41-40-33(42(34)21-29(38-30)26-12-8-16-37-20-26)27(17-24-11-7-15-36-19-24)35(45)39-28(18-23-9-5-4-6-10-23)32(44)31(43)25-13-14-25/h7-8,11-12,15-16,19-23,25,27-28,31-32,43-44H,3-6,9-10,13-14,17-18H2,1-2H3,(H,39,45)/t22?,27?,28-,31-,32+/m0/s1. The van der Waals surface area contributed by atoms with Gasteiger partial charge in [-0.05, 0) is 67.7 Å². The molecule has 45 heavy (non-hydrogen) atoms. The van der Waals surface area contributed by atoms with Crippen molar-refractivity contribution in [2.75, 3.05) is 0 Å². The summed E-state index contributed by atoms with van der Waals surface area (Å²) >= 11 is 0. The smallest absolute Gasteiger partial charge is 0.231 e. The van der Waals surface area contributed by atoms with E-state index in [9.17, 15) is 15.0 Å². The number of nitrogens with one attached hydrogen (secondary N) is 1. The predicted molar refractivity (Wildman–Crippen MR) is 171 cm³/mol. The van der Waals surface area contributed by atoms with Crippen LogP contribution < -0.4 is 5.32 Å². The minimum absolute atomic E-state index is 0.0924. The third kappa shape index (κ3) is 7.23. The fourth-order valence-corrected chi connectivity index (χ4v) is 6.71. The number of fused-ring (bicyclic) bond motifs is 1. The topological polar surface area (TPSA) is 138 Å². The van der Waals surface area contributed by atoms with Crippen molar-refractivity contribution in [1.29, 1.82) is 0 Å². The van der Waals surface area contributed by atoms with E-state index in [4.69, 9.17) is 4.98 Å². The van der Waals surface area contributed by atoms with Gasteiger partial charge in [0.25, 0.3) is 0 Å². The molecule has 0 saturated heterocycles. The molecular weight excluding hydrogens is 566 g/mol. The molecule has 4 heterocycles. The number of amides is 1. The maximum Gasteiger partial charge on any atom is 0.231 e. The van der Waals surface area contributed by atoms with Gasteiger partial charge in [-0.2, -0.15) is 0 Å². The molecule has 2 saturated carbocycles. The summed E-state index contributed by atoms with van der Waals surface area (Å²) in [6, 6.07) is 7.10. The van der Waals surface area contributed by atoms with E-state index in [-0.39, 0.29) is 17.7 Å². The number of carbonyl (C=O) groups is 1. The van der Waals surface area contributed by atoms with E-state index >= 15 is 0 Å². The highest BCUT2D eigenvalue weighted by molar-refractivity contribution is 5.84. The number of rotatable bonds is 13. The summed E-state index contributed by atoms with van der Waals surface area (Å²) in [7, 11) is 0. The van der Waals surface area contributed by atoms with Gasteiger partial charge in [-0.15, -0.1) is 10.2 Å². The third-order valence-corrected chi connectivity index (χ3v) is 9.78. The Balaban J connectivity index is 1.39. The molecule has 4 aromatic rings. The molecule has 0 spiro atoms. The van der Waals surface area contributed by atoms with E-state index in [1.807, 2.05) is 34.9 Å². The van der Waals surface area contributed by atoms with Gasteiger partial charge >= 0.3 is 0 Å². The molecule has 3 N–H and O–H groups in total. The summed E-state index contributed by atoms with van der Waals surface area (Å²) in [5.41, 5.74) is 3.92. The zero-order valence-corrected chi connectivity index (χ0v) is 26.3. The molecule has 5 atom stereocenters. The lowest BCUT2D eigenvalue weighted by Crippen LogP contribution is -2.51. The zero-order valence-electron chi connectivity index (χ0n) is 26.3. The SMILES string of the molecule is CCC(C)c1nc(-c2cccnc2)cn2c(C(Cc3cccnc3)C(=O)N[C@@H](CC3CCCCC3)[C@@H](O)[C@@H](O)C3CC3)nnc12. The van der Waals surface area contributed by atoms with Crippen molar-refractivity contribution in [1.82, 2.24) is 34.9 Å². The molecule has 2 fully saturated rings. The lowest BCUT2D eigenvalue weighted by atomic mass is 9.82. The van der Waals surface area contributed by atoms with E-state index in [1.165, 1.54) is 6.42 Å². The Morgan fingerprint density at radius 2 is 1.78 bits per heavy atom. The second-order valence-corrected chi connectivity index (χ2v) is 13.1.